The minimum Gasteiger partial charge on any atom is -0.330 e. The highest BCUT2D eigenvalue weighted by Gasteiger charge is 2.32. The van der Waals surface area contributed by atoms with Gasteiger partial charge < -0.3 is 5.73 Å². The van der Waals surface area contributed by atoms with E-state index in [0.717, 1.165) is 25.0 Å². The summed E-state index contributed by atoms with van der Waals surface area (Å²) in [7, 11) is 0. The van der Waals surface area contributed by atoms with E-state index >= 15 is 0 Å². The van der Waals surface area contributed by atoms with Crippen LogP contribution in [0.1, 0.15) is 18.4 Å². The maximum atomic E-state index is 5.82. The molecule has 2 fully saturated rings. The average molecular weight is 259 g/mol. The lowest BCUT2D eigenvalue weighted by molar-refractivity contribution is 0.245. The Bertz CT molecular complexity index is 376. The van der Waals surface area contributed by atoms with E-state index in [9.17, 15) is 0 Å². The van der Waals surface area contributed by atoms with Crippen molar-refractivity contribution >= 4 is 0 Å². The number of nitrogens with zero attached hydrogens (tertiary/aromatic N) is 2. The lowest BCUT2D eigenvalue weighted by Crippen LogP contribution is -2.32. The first-order valence-electron chi connectivity index (χ1n) is 7.55. The van der Waals surface area contributed by atoms with Gasteiger partial charge in [-0.15, -0.1) is 0 Å². The van der Waals surface area contributed by atoms with Gasteiger partial charge in [0.05, 0.1) is 0 Å². The molecule has 2 aliphatic heterocycles. The van der Waals surface area contributed by atoms with Crippen LogP contribution in [-0.2, 0) is 6.54 Å². The third kappa shape index (κ3) is 3.16. The van der Waals surface area contributed by atoms with Crippen molar-refractivity contribution in [1.29, 1.82) is 0 Å². The van der Waals surface area contributed by atoms with Crippen molar-refractivity contribution in [2.24, 2.45) is 11.7 Å². The van der Waals surface area contributed by atoms with Gasteiger partial charge in [-0.05, 0) is 30.9 Å². The van der Waals surface area contributed by atoms with Crippen molar-refractivity contribution in [2.45, 2.75) is 25.4 Å². The topological polar surface area (TPSA) is 32.5 Å². The van der Waals surface area contributed by atoms with Crippen molar-refractivity contribution in [3.05, 3.63) is 35.9 Å². The molecule has 0 amide bonds. The molecule has 3 rings (SSSR count). The molecule has 0 bridgehead atoms. The Balaban J connectivity index is 1.55. The second kappa shape index (κ2) is 6.04. The summed E-state index contributed by atoms with van der Waals surface area (Å²) in [6.45, 7) is 6.83. The highest BCUT2D eigenvalue weighted by atomic mass is 15.2. The smallest absolute Gasteiger partial charge is 0.0234 e. The van der Waals surface area contributed by atoms with Crippen LogP contribution in [0.3, 0.4) is 0 Å². The van der Waals surface area contributed by atoms with Crippen LogP contribution in [0.2, 0.25) is 0 Å². The minimum atomic E-state index is 0.741. The monoisotopic (exact) mass is 259 g/mol. The molecule has 0 aromatic heterocycles. The third-order valence-electron chi connectivity index (χ3n) is 4.68. The molecular formula is C16H25N3. The quantitative estimate of drug-likeness (QED) is 0.894. The normalized spacial score (nSPS) is 29.1. The van der Waals surface area contributed by atoms with Gasteiger partial charge in [-0.3, -0.25) is 9.80 Å². The van der Waals surface area contributed by atoms with E-state index in [1.807, 2.05) is 0 Å². The van der Waals surface area contributed by atoms with Crippen molar-refractivity contribution in [3.63, 3.8) is 0 Å². The Hall–Kier alpha value is -0.900. The molecule has 0 saturated carbocycles. The first kappa shape index (κ1) is 13.1. The Morgan fingerprint density at radius 3 is 2.74 bits per heavy atom. The van der Waals surface area contributed by atoms with Crippen molar-refractivity contribution in [2.75, 3.05) is 32.7 Å². The van der Waals surface area contributed by atoms with Crippen LogP contribution in [0.25, 0.3) is 0 Å². The fraction of sp³-hybridized carbons (Fsp3) is 0.625. The summed E-state index contributed by atoms with van der Waals surface area (Å²) in [5.74, 6) is 0.741. The Labute approximate surface area is 116 Å². The van der Waals surface area contributed by atoms with E-state index in [0.29, 0.717) is 0 Å². The van der Waals surface area contributed by atoms with E-state index in [2.05, 4.69) is 40.1 Å². The molecule has 3 nitrogen and oxygen atoms in total. The van der Waals surface area contributed by atoms with Crippen LogP contribution in [-0.4, -0.2) is 48.6 Å². The van der Waals surface area contributed by atoms with Crippen LogP contribution in [0.4, 0.5) is 0 Å². The standard InChI is InChI=1S/C16H25N3/c17-11-15-10-16-6-7-18(8-9-19(16)13-15)12-14-4-2-1-3-5-14/h1-5,15-16H,6-13,17H2. The first-order valence-corrected chi connectivity index (χ1v) is 7.55. The van der Waals surface area contributed by atoms with Gasteiger partial charge >= 0.3 is 0 Å². The highest BCUT2D eigenvalue weighted by Crippen LogP contribution is 2.26. The second-order valence-corrected chi connectivity index (χ2v) is 6.04. The molecule has 3 heteroatoms. The average Bonchev–Trinajstić information content (AvgIpc) is 2.77. The van der Waals surface area contributed by atoms with E-state index in [1.54, 1.807) is 0 Å². The van der Waals surface area contributed by atoms with Gasteiger partial charge in [-0.1, -0.05) is 30.3 Å². The molecule has 1 aromatic carbocycles. The Kier molecular flexibility index (Phi) is 4.16. The van der Waals surface area contributed by atoms with Crippen LogP contribution < -0.4 is 5.73 Å². The van der Waals surface area contributed by atoms with Gasteiger partial charge in [-0.2, -0.15) is 0 Å². The molecule has 19 heavy (non-hydrogen) atoms. The predicted octanol–water partition coefficient (Wildman–Crippen LogP) is 1.54. The van der Waals surface area contributed by atoms with E-state index < -0.39 is 0 Å². The summed E-state index contributed by atoms with van der Waals surface area (Å²) in [5, 5.41) is 0. The van der Waals surface area contributed by atoms with Crippen molar-refractivity contribution < 1.29 is 0 Å². The molecule has 2 N–H and O–H groups in total. The lowest BCUT2D eigenvalue weighted by Gasteiger charge is -2.21. The van der Waals surface area contributed by atoms with Gasteiger partial charge in [0, 0.05) is 38.8 Å². The maximum absolute atomic E-state index is 5.82. The maximum Gasteiger partial charge on any atom is 0.0234 e. The zero-order valence-corrected chi connectivity index (χ0v) is 11.7. The number of hydrogen-bond donors (Lipinski definition) is 1. The number of fused-ring (bicyclic) bond motifs is 1. The Morgan fingerprint density at radius 1 is 1.11 bits per heavy atom. The molecule has 0 radical (unpaired) electrons. The van der Waals surface area contributed by atoms with Crippen molar-refractivity contribution in [3.8, 4) is 0 Å². The van der Waals surface area contributed by atoms with E-state index in [-0.39, 0.29) is 0 Å². The van der Waals surface area contributed by atoms with Crippen LogP contribution in [0.15, 0.2) is 30.3 Å². The van der Waals surface area contributed by atoms with E-state index in [4.69, 9.17) is 5.73 Å². The van der Waals surface area contributed by atoms with Crippen LogP contribution in [0.5, 0.6) is 0 Å². The summed E-state index contributed by atoms with van der Waals surface area (Å²) >= 11 is 0. The summed E-state index contributed by atoms with van der Waals surface area (Å²) in [6.07, 6.45) is 2.62. The molecule has 2 saturated heterocycles. The predicted molar refractivity (Wildman–Crippen MR) is 78.9 cm³/mol. The largest absolute Gasteiger partial charge is 0.330 e. The van der Waals surface area contributed by atoms with E-state index in [1.165, 1.54) is 44.6 Å². The number of benzene rings is 1. The summed E-state index contributed by atoms with van der Waals surface area (Å²) < 4.78 is 0. The molecule has 1 aromatic rings. The molecular weight excluding hydrogens is 234 g/mol. The number of hydrogen-bond acceptors (Lipinski definition) is 3. The summed E-state index contributed by atoms with van der Waals surface area (Å²) in [6, 6.07) is 11.6. The lowest BCUT2D eigenvalue weighted by atomic mass is 10.0. The van der Waals surface area contributed by atoms with Gasteiger partial charge in [0.15, 0.2) is 0 Å². The third-order valence-corrected chi connectivity index (χ3v) is 4.68. The molecule has 2 atom stereocenters. The van der Waals surface area contributed by atoms with Gasteiger partial charge in [0.2, 0.25) is 0 Å². The van der Waals surface area contributed by atoms with Crippen molar-refractivity contribution in [1.82, 2.24) is 9.80 Å². The van der Waals surface area contributed by atoms with Crippen LogP contribution in [0, 0.1) is 5.92 Å². The molecule has 2 unspecified atom stereocenters. The minimum absolute atomic E-state index is 0.741. The number of nitrogens with two attached hydrogens (primary N) is 1. The number of rotatable bonds is 3. The molecule has 2 heterocycles. The fourth-order valence-corrected chi connectivity index (χ4v) is 3.55. The highest BCUT2D eigenvalue weighted by molar-refractivity contribution is 5.14. The second-order valence-electron chi connectivity index (χ2n) is 6.04. The van der Waals surface area contributed by atoms with Crippen LogP contribution >= 0.6 is 0 Å². The molecule has 2 aliphatic rings. The fourth-order valence-electron chi connectivity index (χ4n) is 3.55. The molecule has 0 aliphatic carbocycles. The first-order chi connectivity index (χ1) is 9.35. The molecule has 104 valence electrons. The Morgan fingerprint density at radius 2 is 1.95 bits per heavy atom. The van der Waals surface area contributed by atoms with Gasteiger partial charge in [0.25, 0.3) is 0 Å². The summed E-state index contributed by atoms with van der Waals surface area (Å²) in [5.41, 5.74) is 7.25. The van der Waals surface area contributed by atoms with Gasteiger partial charge in [-0.25, -0.2) is 0 Å². The SMILES string of the molecule is NCC1CC2CCN(Cc3ccccc3)CCN2C1. The zero-order chi connectivity index (χ0) is 13.1. The zero-order valence-electron chi connectivity index (χ0n) is 11.7. The summed E-state index contributed by atoms with van der Waals surface area (Å²) in [4.78, 5) is 5.27. The van der Waals surface area contributed by atoms with Gasteiger partial charge in [0.1, 0.15) is 0 Å². The molecule has 0 spiro atoms.